The topological polar surface area (TPSA) is 108 Å². The number of rotatable bonds is 4. The van der Waals surface area contributed by atoms with Gasteiger partial charge in [0, 0.05) is 12.1 Å². The van der Waals surface area contributed by atoms with Crippen LogP contribution < -0.4 is 11.1 Å². The van der Waals surface area contributed by atoms with E-state index in [0.717, 1.165) is 12.8 Å². The summed E-state index contributed by atoms with van der Waals surface area (Å²) in [6, 6.07) is 8.96. The van der Waals surface area contributed by atoms with Crippen molar-refractivity contribution >= 4 is 22.9 Å². The molecule has 1 aromatic carbocycles. The van der Waals surface area contributed by atoms with Gasteiger partial charge in [0.25, 0.3) is 5.91 Å². The molecule has 0 bridgehead atoms. The first-order valence-electron chi connectivity index (χ1n) is 8.15. The Morgan fingerprint density at radius 3 is 2.84 bits per heavy atom. The molecule has 8 nitrogen and oxygen atoms in total. The second kappa shape index (κ2) is 6.58. The molecule has 4 rings (SSSR count). The molecule has 1 amide bonds. The number of aromatic nitrogens is 4. The molecule has 0 spiro atoms. The summed E-state index contributed by atoms with van der Waals surface area (Å²) in [5, 5.41) is 2.80. The van der Waals surface area contributed by atoms with Crippen LogP contribution in [0.4, 0.5) is 5.82 Å². The van der Waals surface area contributed by atoms with E-state index in [9.17, 15) is 4.79 Å². The minimum atomic E-state index is -0.240. The molecule has 3 N–H and O–H groups in total. The fourth-order valence-corrected chi connectivity index (χ4v) is 2.99. The van der Waals surface area contributed by atoms with Crippen molar-refractivity contribution in [3.05, 3.63) is 48.5 Å². The van der Waals surface area contributed by atoms with Gasteiger partial charge in [-0.3, -0.25) is 9.36 Å². The van der Waals surface area contributed by atoms with Crippen LogP contribution in [0.5, 0.6) is 0 Å². The SMILES string of the molecule is NC[C@@H]1CC[C@H](n2cnc3c(NC(=O)c4ccccc4)ncnc32)O1. The van der Waals surface area contributed by atoms with Crippen molar-refractivity contribution in [1.82, 2.24) is 19.5 Å². The second-order valence-corrected chi connectivity index (χ2v) is 5.89. The van der Waals surface area contributed by atoms with Crippen LogP contribution in [-0.2, 0) is 4.74 Å². The Morgan fingerprint density at radius 2 is 2.08 bits per heavy atom. The lowest BCUT2D eigenvalue weighted by Crippen LogP contribution is -2.20. The van der Waals surface area contributed by atoms with E-state index in [4.69, 9.17) is 10.5 Å². The molecule has 3 heterocycles. The number of nitrogens with two attached hydrogens (primary N) is 1. The van der Waals surface area contributed by atoms with Crippen LogP contribution in [0.1, 0.15) is 29.4 Å². The Hall–Kier alpha value is -2.84. The molecule has 1 aliphatic heterocycles. The zero-order valence-electron chi connectivity index (χ0n) is 13.5. The van der Waals surface area contributed by atoms with Gasteiger partial charge in [0.05, 0.1) is 12.4 Å². The van der Waals surface area contributed by atoms with Crippen molar-refractivity contribution in [1.29, 1.82) is 0 Å². The number of amides is 1. The van der Waals surface area contributed by atoms with E-state index in [1.54, 1.807) is 18.5 Å². The molecule has 25 heavy (non-hydrogen) atoms. The summed E-state index contributed by atoms with van der Waals surface area (Å²) in [7, 11) is 0. The van der Waals surface area contributed by atoms with Crippen LogP contribution in [-0.4, -0.2) is 38.1 Å². The quantitative estimate of drug-likeness (QED) is 0.750. The van der Waals surface area contributed by atoms with Crippen molar-refractivity contribution in [2.24, 2.45) is 5.73 Å². The van der Waals surface area contributed by atoms with Crippen LogP contribution in [0, 0.1) is 0 Å². The van der Waals surface area contributed by atoms with Crippen molar-refractivity contribution in [2.75, 3.05) is 11.9 Å². The van der Waals surface area contributed by atoms with E-state index in [0.29, 0.717) is 29.1 Å². The van der Waals surface area contributed by atoms with Crippen LogP contribution in [0.25, 0.3) is 11.2 Å². The maximum atomic E-state index is 12.4. The zero-order chi connectivity index (χ0) is 17.2. The summed E-state index contributed by atoms with van der Waals surface area (Å²) in [5.41, 5.74) is 7.39. The van der Waals surface area contributed by atoms with Crippen LogP contribution in [0.3, 0.4) is 0 Å². The Labute approximate surface area is 144 Å². The molecule has 0 saturated carbocycles. The average molecular weight is 338 g/mol. The summed E-state index contributed by atoms with van der Waals surface area (Å²) in [4.78, 5) is 25.2. The first-order valence-corrected chi connectivity index (χ1v) is 8.15. The van der Waals surface area contributed by atoms with E-state index in [1.807, 2.05) is 22.8 Å². The molecule has 2 atom stereocenters. The van der Waals surface area contributed by atoms with Crippen LogP contribution >= 0.6 is 0 Å². The lowest BCUT2D eigenvalue weighted by Gasteiger charge is -2.14. The van der Waals surface area contributed by atoms with Crippen molar-refractivity contribution in [2.45, 2.75) is 25.2 Å². The summed E-state index contributed by atoms with van der Waals surface area (Å²) >= 11 is 0. The van der Waals surface area contributed by atoms with E-state index in [2.05, 4.69) is 20.3 Å². The van der Waals surface area contributed by atoms with Crippen LogP contribution in [0.2, 0.25) is 0 Å². The van der Waals surface area contributed by atoms with Crippen LogP contribution in [0.15, 0.2) is 43.0 Å². The third-order valence-electron chi connectivity index (χ3n) is 4.28. The standard InChI is InChI=1S/C17H18N6O2/c18-8-12-6-7-13(25-12)23-10-21-14-15(19-9-20-16(14)23)22-17(24)11-4-2-1-3-5-11/h1-5,9-10,12-13H,6-8,18H2,(H,19,20,22,24)/t12-,13+/m0/s1. The Balaban J connectivity index is 1.62. The molecule has 0 radical (unpaired) electrons. The fourth-order valence-electron chi connectivity index (χ4n) is 2.99. The van der Waals surface area contributed by atoms with Gasteiger partial charge in [0.15, 0.2) is 17.0 Å². The molecule has 0 aliphatic carbocycles. The zero-order valence-corrected chi connectivity index (χ0v) is 13.5. The second-order valence-electron chi connectivity index (χ2n) is 5.89. The normalized spacial score (nSPS) is 20.0. The molecule has 0 unspecified atom stereocenters. The van der Waals surface area contributed by atoms with Gasteiger partial charge in [-0.2, -0.15) is 0 Å². The van der Waals surface area contributed by atoms with E-state index >= 15 is 0 Å². The van der Waals surface area contributed by atoms with Gasteiger partial charge in [-0.25, -0.2) is 15.0 Å². The number of nitrogens with one attached hydrogen (secondary N) is 1. The third kappa shape index (κ3) is 2.97. The predicted octanol–water partition coefficient (Wildman–Crippen LogP) is 1.71. The summed E-state index contributed by atoms with van der Waals surface area (Å²) < 4.78 is 7.77. The Morgan fingerprint density at radius 1 is 1.24 bits per heavy atom. The maximum absolute atomic E-state index is 12.4. The van der Waals surface area contributed by atoms with Gasteiger partial charge in [-0.1, -0.05) is 18.2 Å². The number of carbonyl (C=O) groups excluding carboxylic acids is 1. The summed E-state index contributed by atoms with van der Waals surface area (Å²) in [6.07, 6.45) is 4.75. The first kappa shape index (κ1) is 15.7. The number of benzene rings is 1. The minimum Gasteiger partial charge on any atom is -0.353 e. The Kier molecular flexibility index (Phi) is 4.12. The monoisotopic (exact) mass is 338 g/mol. The third-order valence-corrected chi connectivity index (χ3v) is 4.28. The molecule has 1 aliphatic rings. The number of carbonyl (C=O) groups is 1. The molecule has 3 aromatic rings. The number of hydrogen-bond acceptors (Lipinski definition) is 6. The van der Waals surface area contributed by atoms with Gasteiger partial charge in [0.1, 0.15) is 12.6 Å². The summed E-state index contributed by atoms with van der Waals surface area (Å²) in [6.45, 7) is 0.497. The van der Waals surface area contributed by atoms with Crippen molar-refractivity contribution in [3.63, 3.8) is 0 Å². The number of ether oxygens (including phenoxy) is 1. The molecule has 8 heteroatoms. The fraction of sp³-hybridized carbons (Fsp3) is 0.294. The van der Waals surface area contributed by atoms with E-state index in [1.165, 1.54) is 6.33 Å². The first-order chi connectivity index (χ1) is 12.3. The lowest BCUT2D eigenvalue weighted by molar-refractivity contribution is 0.00866. The molecule has 2 aromatic heterocycles. The van der Waals surface area contributed by atoms with Gasteiger partial charge in [-0.15, -0.1) is 0 Å². The predicted molar refractivity (Wildman–Crippen MR) is 91.9 cm³/mol. The van der Waals surface area contributed by atoms with Gasteiger partial charge < -0.3 is 15.8 Å². The van der Waals surface area contributed by atoms with Crippen molar-refractivity contribution in [3.8, 4) is 0 Å². The smallest absolute Gasteiger partial charge is 0.256 e. The number of anilines is 1. The highest BCUT2D eigenvalue weighted by Gasteiger charge is 2.27. The summed E-state index contributed by atoms with van der Waals surface area (Å²) in [5.74, 6) is 0.140. The number of fused-ring (bicyclic) bond motifs is 1. The van der Waals surface area contributed by atoms with Gasteiger partial charge in [-0.05, 0) is 25.0 Å². The molecule has 1 saturated heterocycles. The highest BCUT2D eigenvalue weighted by Crippen LogP contribution is 2.30. The number of nitrogens with zero attached hydrogens (tertiary/aromatic N) is 4. The lowest BCUT2D eigenvalue weighted by atomic mass is 10.2. The minimum absolute atomic E-state index is 0.0570. The Bertz CT molecular complexity index is 895. The average Bonchev–Trinajstić information content (AvgIpc) is 3.29. The number of imidazole rings is 1. The van der Waals surface area contributed by atoms with E-state index in [-0.39, 0.29) is 18.2 Å². The largest absolute Gasteiger partial charge is 0.353 e. The number of hydrogen-bond donors (Lipinski definition) is 2. The molecular formula is C17H18N6O2. The highest BCUT2D eigenvalue weighted by atomic mass is 16.5. The van der Waals surface area contributed by atoms with E-state index < -0.39 is 0 Å². The molecule has 1 fully saturated rings. The van der Waals surface area contributed by atoms with Crippen molar-refractivity contribution < 1.29 is 9.53 Å². The van der Waals surface area contributed by atoms with Gasteiger partial charge >= 0.3 is 0 Å². The molecule has 128 valence electrons. The maximum Gasteiger partial charge on any atom is 0.256 e. The molecular weight excluding hydrogens is 320 g/mol. The van der Waals surface area contributed by atoms with Gasteiger partial charge in [0.2, 0.25) is 0 Å². The highest BCUT2D eigenvalue weighted by molar-refractivity contribution is 6.06.